The number of hydrogen-bond donors (Lipinski definition) is 1. The molecule has 2 nitrogen and oxygen atoms in total. The van der Waals surface area contributed by atoms with Crippen LogP contribution in [0.2, 0.25) is 5.02 Å². The number of halogens is 4. The Morgan fingerprint density at radius 2 is 1.83 bits per heavy atom. The van der Waals surface area contributed by atoms with Gasteiger partial charge in [-0.05, 0) is 24.7 Å². The zero-order chi connectivity index (χ0) is 13.8. The Morgan fingerprint density at radius 3 is 2.28 bits per heavy atom. The molecule has 1 aromatic carbocycles. The van der Waals surface area contributed by atoms with Crippen molar-refractivity contribution in [3.8, 4) is 0 Å². The third-order valence-corrected chi connectivity index (χ3v) is 3.01. The molecular formula is C12H16ClF3N2. The van der Waals surface area contributed by atoms with E-state index >= 15 is 0 Å². The van der Waals surface area contributed by atoms with Gasteiger partial charge in [-0.1, -0.05) is 23.7 Å². The molecule has 1 rings (SSSR count). The van der Waals surface area contributed by atoms with Crippen molar-refractivity contribution in [2.45, 2.75) is 18.6 Å². The summed E-state index contributed by atoms with van der Waals surface area (Å²) in [6.45, 7) is 0.185. The number of likely N-dealkylation sites (N-methyl/N-ethyl adjacent to an activating group) is 1. The Hall–Kier alpha value is -0.780. The van der Waals surface area contributed by atoms with Crippen LogP contribution in [0, 0.1) is 0 Å². The highest BCUT2D eigenvalue weighted by Crippen LogP contribution is 2.24. The molecule has 0 saturated heterocycles. The van der Waals surface area contributed by atoms with Crippen LogP contribution < -0.4 is 5.73 Å². The van der Waals surface area contributed by atoms with Crippen molar-refractivity contribution in [1.82, 2.24) is 4.90 Å². The second kappa shape index (κ2) is 6.41. The van der Waals surface area contributed by atoms with Gasteiger partial charge in [0.2, 0.25) is 0 Å². The van der Waals surface area contributed by atoms with Crippen LogP contribution in [0.15, 0.2) is 24.3 Å². The Morgan fingerprint density at radius 1 is 1.28 bits per heavy atom. The SMILES string of the molecule is CN(CCC(F)(F)F)C(CN)c1ccc(Cl)cc1. The first-order chi connectivity index (χ1) is 8.33. The molecule has 0 heterocycles. The van der Waals surface area contributed by atoms with Gasteiger partial charge in [0.25, 0.3) is 0 Å². The quantitative estimate of drug-likeness (QED) is 0.897. The predicted octanol–water partition coefficient (Wildman–Crippen LogP) is 3.22. The van der Waals surface area contributed by atoms with Gasteiger partial charge in [0.15, 0.2) is 0 Å². The minimum Gasteiger partial charge on any atom is -0.329 e. The van der Waals surface area contributed by atoms with Crippen molar-refractivity contribution in [2.24, 2.45) is 5.73 Å². The zero-order valence-electron chi connectivity index (χ0n) is 10.0. The molecule has 0 fully saturated rings. The van der Waals surface area contributed by atoms with Gasteiger partial charge in [0.1, 0.15) is 0 Å². The lowest BCUT2D eigenvalue weighted by Crippen LogP contribution is -2.33. The second-order valence-corrected chi connectivity index (χ2v) is 4.59. The van der Waals surface area contributed by atoms with Gasteiger partial charge in [-0.15, -0.1) is 0 Å². The fourth-order valence-electron chi connectivity index (χ4n) is 1.71. The highest BCUT2D eigenvalue weighted by Gasteiger charge is 2.28. The van der Waals surface area contributed by atoms with Gasteiger partial charge in [0, 0.05) is 24.2 Å². The highest BCUT2D eigenvalue weighted by molar-refractivity contribution is 6.30. The predicted molar refractivity (Wildman–Crippen MR) is 66.5 cm³/mol. The van der Waals surface area contributed by atoms with Crippen molar-refractivity contribution >= 4 is 11.6 Å². The Labute approximate surface area is 110 Å². The number of rotatable bonds is 5. The van der Waals surface area contributed by atoms with Crippen LogP contribution >= 0.6 is 11.6 Å². The summed E-state index contributed by atoms with van der Waals surface area (Å²) in [5.41, 5.74) is 6.49. The fourth-order valence-corrected chi connectivity index (χ4v) is 1.84. The smallest absolute Gasteiger partial charge is 0.329 e. The summed E-state index contributed by atoms with van der Waals surface area (Å²) < 4.78 is 36.5. The maximum absolute atomic E-state index is 12.2. The molecule has 1 unspecified atom stereocenters. The second-order valence-electron chi connectivity index (χ2n) is 4.15. The lowest BCUT2D eigenvalue weighted by Gasteiger charge is -2.27. The molecule has 0 radical (unpaired) electrons. The van der Waals surface area contributed by atoms with Crippen LogP contribution in [0.5, 0.6) is 0 Å². The first-order valence-corrected chi connectivity index (χ1v) is 5.94. The van der Waals surface area contributed by atoms with E-state index in [4.69, 9.17) is 17.3 Å². The lowest BCUT2D eigenvalue weighted by molar-refractivity contribution is -0.138. The van der Waals surface area contributed by atoms with Crippen molar-refractivity contribution in [1.29, 1.82) is 0 Å². The van der Waals surface area contributed by atoms with Crippen LogP contribution in [-0.2, 0) is 0 Å². The monoisotopic (exact) mass is 280 g/mol. The van der Waals surface area contributed by atoms with E-state index in [1.807, 2.05) is 0 Å². The van der Waals surface area contributed by atoms with Gasteiger partial charge in [0.05, 0.1) is 6.42 Å². The Balaban J connectivity index is 2.68. The molecule has 6 heteroatoms. The fraction of sp³-hybridized carbons (Fsp3) is 0.500. The molecule has 0 bridgehead atoms. The van der Waals surface area contributed by atoms with E-state index in [9.17, 15) is 13.2 Å². The van der Waals surface area contributed by atoms with Crippen LogP contribution in [0.1, 0.15) is 18.0 Å². The average molecular weight is 281 g/mol. The van der Waals surface area contributed by atoms with E-state index in [-0.39, 0.29) is 19.1 Å². The van der Waals surface area contributed by atoms with Crippen molar-refractivity contribution < 1.29 is 13.2 Å². The number of hydrogen-bond acceptors (Lipinski definition) is 2. The van der Waals surface area contributed by atoms with E-state index in [0.717, 1.165) is 5.56 Å². The molecule has 0 spiro atoms. The summed E-state index contributed by atoms with van der Waals surface area (Å²) in [7, 11) is 1.64. The summed E-state index contributed by atoms with van der Waals surface area (Å²) in [4.78, 5) is 1.61. The largest absolute Gasteiger partial charge is 0.390 e. The third-order valence-electron chi connectivity index (χ3n) is 2.76. The summed E-state index contributed by atoms with van der Waals surface area (Å²) in [5.74, 6) is 0. The Kier molecular flexibility index (Phi) is 5.44. The maximum Gasteiger partial charge on any atom is 0.390 e. The molecule has 0 amide bonds. The molecule has 0 aliphatic heterocycles. The van der Waals surface area contributed by atoms with Crippen molar-refractivity contribution in [3.05, 3.63) is 34.9 Å². The summed E-state index contributed by atoms with van der Waals surface area (Å²) in [6, 6.07) is 6.74. The van der Waals surface area contributed by atoms with Gasteiger partial charge in [-0.3, -0.25) is 4.90 Å². The minimum absolute atomic E-state index is 0.0754. The summed E-state index contributed by atoms with van der Waals surface area (Å²) in [6.07, 6.45) is -4.99. The molecule has 0 aromatic heterocycles. The van der Waals surface area contributed by atoms with Crippen LogP contribution in [0.3, 0.4) is 0 Å². The highest BCUT2D eigenvalue weighted by atomic mass is 35.5. The topological polar surface area (TPSA) is 29.3 Å². The molecule has 1 atom stereocenters. The molecule has 1 aromatic rings. The molecule has 0 aliphatic rings. The average Bonchev–Trinajstić information content (AvgIpc) is 2.29. The summed E-state index contributed by atoms with van der Waals surface area (Å²) in [5, 5.41) is 0.590. The number of alkyl halides is 3. The first-order valence-electron chi connectivity index (χ1n) is 5.56. The van der Waals surface area contributed by atoms with Crippen molar-refractivity contribution in [2.75, 3.05) is 20.1 Å². The zero-order valence-corrected chi connectivity index (χ0v) is 10.8. The van der Waals surface area contributed by atoms with E-state index in [1.165, 1.54) is 0 Å². The molecule has 18 heavy (non-hydrogen) atoms. The van der Waals surface area contributed by atoms with Crippen LogP contribution in [-0.4, -0.2) is 31.2 Å². The maximum atomic E-state index is 12.2. The number of nitrogens with two attached hydrogens (primary N) is 1. The van der Waals surface area contributed by atoms with Gasteiger partial charge in [-0.25, -0.2) is 0 Å². The van der Waals surface area contributed by atoms with Crippen molar-refractivity contribution in [3.63, 3.8) is 0 Å². The molecular weight excluding hydrogens is 265 g/mol. The first kappa shape index (κ1) is 15.3. The minimum atomic E-state index is -4.15. The van der Waals surface area contributed by atoms with Gasteiger partial charge >= 0.3 is 6.18 Å². The number of benzene rings is 1. The molecule has 2 N–H and O–H groups in total. The lowest BCUT2D eigenvalue weighted by atomic mass is 10.1. The summed E-state index contributed by atoms with van der Waals surface area (Å²) >= 11 is 5.77. The normalized spacial score (nSPS) is 13.9. The van der Waals surface area contributed by atoms with Gasteiger partial charge < -0.3 is 5.73 Å². The van der Waals surface area contributed by atoms with E-state index in [0.29, 0.717) is 5.02 Å². The van der Waals surface area contributed by atoms with Gasteiger partial charge in [-0.2, -0.15) is 13.2 Å². The standard InChI is InChI=1S/C12H16ClF3N2/c1-18(7-6-12(14,15)16)11(8-17)9-2-4-10(13)5-3-9/h2-5,11H,6-8,17H2,1H3. The Bertz CT molecular complexity index is 365. The van der Waals surface area contributed by atoms with E-state index in [2.05, 4.69) is 0 Å². The van der Waals surface area contributed by atoms with Crippen LogP contribution in [0.25, 0.3) is 0 Å². The van der Waals surface area contributed by atoms with E-state index < -0.39 is 12.6 Å². The molecule has 0 saturated carbocycles. The molecule has 102 valence electrons. The van der Waals surface area contributed by atoms with E-state index in [1.54, 1.807) is 36.2 Å². The third kappa shape index (κ3) is 4.84. The number of nitrogens with zero attached hydrogens (tertiary/aromatic N) is 1. The molecule has 0 aliphatic carbocycles. The van der Waals surface area contributed by atoms with Crippen LogP contribution in [0.4, 0.5) is 13.2 Å².